The van der Waals surface area contributed by atoms with Crippen LogP contribution in [0.15, 0.2) is 58.9 Å². The summed E-state index contributed by atoms with van der Waals surface area (Å²) in [5, 5.41) is 2.64. The number of benzene rings is 3. The van der Waals surface area contributed by atoms with Gasteiger partial charge in [0.25, 0.3) is 0 Å². The fraction of sp³-hybridized carbons (Fsp3) is 0.190. The van der Waals surface area contributed by atoms with Gasteiger partial charge < -0.3 is 4.74 Å². The fourth-order valence-corrected chi connectivity index (χ4v) is 5.19. The van der Waals surface area contributed by atoms with Crippen molar-refractivity contribution >= 4 is 44.1 Å². The van der Waals surface area contributed by atoms with Gasteiger partial charge in [-0.25, -0.2) is 4.98 Å². The van der Waals surface area contributed by atoms with E-state index in [0.29, 0.717) is 6.61 Å². The van der Waals surface area contributed by atoms with Gasteiger partial charge in [-0.1, -0.05) is 48.2 Å². The molecule has 1 heterocycles. The van der Waals surface area contributed by atoms with Gasteiger partial charge in [0.05, 0.1) is 16.8 Å². The van der Waals surface area contributed by atoms with Crippen LogP contribution in [0.5, 0.6) is 5.75 Å². The average molecular weight is 366 g/mol. The first kappa shape index (κ1) is 16.4. The van der Waals surface area contributed by atoms with Crippen LogP contribution >= 0.6 is 23.1 Å². The van der Waals surface area contributed by atoms with Crippen molar-refractivity contribution in [2.75, 3.05) is 6.61 Å². The first-order valence-corrected chi connectivity index (χ1v) is 10.2. The van der Waals surface area contributed by atoms with Gasteiger partial charge in [0.1, 0.15) is 5.75 Å². The predicted molar refractivity (Wildman–Crippen MR) is 109 cm³/mol. The van der Waals surface area contributed by atoms with E-state index in [1.165, 1.54) is 26.6 Å². The predicted octanol–water partition coefficient (Wildman–Crippen LogP) is 6.45. The van der Waals surface area contributed by atoms with E-state index in [1.807, 2.05) is 30.8 Å². The molecule has 0 saturated carbocycles. The maximum Gasteiger partial charge on any atom is 0.151 e. The first-order valence-electron chi connectivity index (χ1n) is 8.38. The van der Waals surface area contributed by atoms with Crippen molar-refractivity contribution in [3.63, 3.8) is 0 Å². The fourth-order valence-electron chi connectivity index (χ4n) is 2.97. The van der Waals surface area contributed by atoms with Crippen LogP contribution in [0.2, 0.25) is 0 Å². The smallest absolute Gasteiger partial charge is 0.151 e. The number of hydrogen-bond acceptors (Lipinski definition) is 4. The van der Waals surface area contributed by atoms with E-state index in [1.54, 1.807) is 11.3 Å². The number of aromatic nitrogens is 1. The zero-order valence-electron chi connectivity index (χ0n) is 14.3. The molecule has 0 amide bonds. The summed E-state index contributed by atoms with van der Waals surface area (Å²) < 4.78 is 7.88. The summed E-state index contributed by atoms with van der Waals surface area (Å²) in [7, 11) is 0. The van der Waals surface area contributed by atoms with Crippen molar-refractivity contribution in [1.29, 1.82) is 0 Å². The Hall–Kier alpha value is -2.04. The lowest BCUT2D eigenvalue weighted by Crippen LogP contribution is -1.90. The monoisotopic (exact) mass is 365 g/mol. The Labute approximate surface area is 155 Å². The van der Waals surface area contributed by atoms with Gasteiger partial charge in [-0.2, -0.15) is 0 Å². The topological polar surface area (TPSA) is 22.1 Å². The zero-order valence-corrected chi connectivity index (χ0v) is 15.9. The van der Waals surface area contributed by atoms with Crippen LogP contribution in [-0.4, -0.2) is 11.6 Å². The van der Waals surface area contributed by atoms with Crippen molar-refractivity contribution in [1.82, 2.24) is 4.98 Å². The van der Waals surface area contributed by atoms with Gasteiger partial charge in [-0.05, 0) is 53.9 Å². The van der Waals surface area contributed by atoms with E-state index in [4.69, 9.17) is 9.72 Å². The van der Waals surface area contributed by atoms with Crippen LogP contribution in [0.3, 0.4) is 0 Å². The lowest BCUT2D eigenvalue weighted by molar-refractivity contribution is 0.341. The molecule has 0 fully saturated rings. The van der Waals surface area contributed by atoms with Crippen molar-refractivity contribution in [3.8, 4) is 5.75 Å². The number of rotatable bonds is 5. The lowest BCUT2D eigenvalue weighted by Gasteiger charge is -2.09. The summed E-state index contributed by atoms with van der Waals surface area (Å²) in [5.74, 6) is 1.85. The lowest BCUT2D eigenvalue weighted by atomic mass is 10.0. The number of hydrogen-bond donors (Lipinski definition) is 0. The molecule has 0 aliphatic rings. The molecule has 1 aromatic heterocycles. The molecule has 2 nitrogen and oxygen atoms in total. The Bertz CT molecular complexity index is 1040. The molecule has 4 rings (SSSR count). The van der Waals surface area contributed by atoms with Gasteiger partial charge in [-0.15, -0.1) is 11.3 Å². The largest absolute Gasteiger partial charge is 0.494 e. The second-order valence-corrected chi connectivity index (χ2v) is 8.17. The molecule has 0 radical (unpaired) electrons. The second kappa shape index (κ2) is 7.06. The normalized spacial score (nSPS) is 11.3. The standard InChI is InChI=1S/C21H19NOS2/c1-3-23-16-10-11-19-20(12-16)25-21(22-19)24-13-18-14(2)8-9-15-6-4-5-7-17(15)18/h4-12H,3,13H2,1-2H3. The number of thiazole rings is 1. The summed E-state index contributed by atoms with van der Waals surface area (Å²) in [5.41, 5.74) is 3.79. The summed E-state index contributed by atoms with van der Waals surface area (Å²) in [4.78, 5) is 4.76. The molecule has 4 heteroatoms. The van der Waals surface area contributed by atoms with Crippen molar-refractivity contribution in [2.24, 2.45) is 0 Å². The molecule has 3 aromatic carbocycles. The third kappa shape index (κ3) is 3.37. The molecule has 0 atom stereocenters. The Morgan fingerprint density at radius 1 is 1.08 bits per heavy atom. The number of nitrogens with zero attached hydrogens (tertiary/aromatic N) is 1. The highest BCUT2D eigenvalue weighted by molar-refractivity contribution is 8.00. The van der Waals surface area contributed by atoms with E-state index in [0.717, 1.165) is 21.4 Å². The summed E-state index contributed by atoms with van der Waals surface area (Å²) in [6.07, 6.45) is 0. The molecule has 25 heavy (non-hydrogen) atoms. The van der Waals surface area contributed by atoms with Gasteiger partial charge in [-0.3, -0.25) is 0 Å². The Kier molecular flexibility index (Phi) is 4.64. The number of ether oxygens (including phenoxy) is 1. The maximum atomic E-state index is 5.59. The van der Waals surface area contributed by atoms with Crippen LogP contribution < -0.4 is 4.74 Å². The molecule has 0 spiro atoms. The van der Waals surface area contributed by atoms with E-state index >= 15 is 0 Å². The van der Waals surface area contributed by atoms with Gasteiger partial charge >= 0.3 is 0 Å². The van der Waals surface area contributed by atoms with Crippen LogP contribution in [-0.2, 0) is 5.75 Å². The van der Waals surface area contributed by atoms with Crippen LogP contribution in [0, 0.1) is 6.92 Å². The minimum atomic E-state index is 0.687. The van der Waals surface area contributed by atoms with E-state index in [9.17, 15) is 0 Å². The molecule has 0 unspecified atom stereocenters. The zero-order chi connectivity index (χ0) is 17.2. The van der Waals surface area contributed by atoms with Crippen LogP contribution in [0.1, 0.15) is 18.1 Å². The van der Waals surface area contributed by atoms with E-state index < -0.39 is 0 Å². The first-order chi connectivity index (χ1) is 12.2. The minimum absolute atomic E-state index is 0.687. The van der Waals surface area contributed by atoms with Gasteiger partial charge in [0, 0.05) is 5.75 Å². The minimum Gasteiger partial charge on any atom is -0.494 e. The summed E-state index contributed by atoms with van der Waals surface area (Å²) in [6.45, 7) is 4.88. The van der Waals surface area contributed by atoms with E-state index in [2.05, 4.69) is 49.4 Å². The van der Waals surface area contributed by atoms with Crippen molar-refractivity contribution in [2.45, 2.75) is 23.9 Å². The number of thioether (sulfide) groups is 1. The highest BCUT2D eigenvalue weighted by atomic mass is 32.2. The maximum absolute atomic E-state index is 5.59. The Morgan fingerprint density at radius 3 is 2.84 bits per heavy atom. The molecule has 4 aromatic rings. The highest BCUT2D eigenvalue weighted by Gasteiger charge is 2.09. The highest BCUT2D eigenvalue weighted by Crippen LogP contribution is 2.35. The van der Waals surface area contributed by atoms with Gasteiger partial charge in [0.2, 0.25) is 0 Å². The Morgan fingerprint density at radius 2 is 1.96 bits per heavy atom. The van der Waals surface area contributed by atoms with Crippen LogP contribution in [0.25, 0.3) is 21.0 Å². The summed E-state index contributed by atoms with van der Waals surface area (Å²) in [6, 6.07) is 19.1. The molecule has 0 saturated heterocycles. The molecule has 126 valence electrons. The molecule has 0 N–H and O–H groups in total. The number of aryl methyl sites for hydroxylation is 1. The SMILES string of the molecule is CCOc1ccc2nc(SCc3c(C)ccc4ccccc34)sc2c1. The van der Waals surface area contributed by atoms with E-state index in [-0.39, 0.29) is 0 Å². The average Bonchev–Trinajstić information content (AvgIpc) is 3.03. The van der Waals surface area contributed by atoms with Gasteiger partial charge in [0.15, 0.2) is 4.34 Å². The Balaban J connectivity index is 1.61. The summed E-state index contributed by atoms with van der Waals surface area (Å²) >= 11 is 3.55. The number of fused-ring (bicyclic) bond motifs is 2. The van der Waals surface area contributed by atoms with Crippen molar-refractivity contribution < 1.29 is 4.74 Å². The third-order valence-electron chi connectivity index (χ3n) is 4.27. The van der Waals surface area contributed by atoms with Crippen molar-refractivity contribution in [3.05, 3.63) is 65.7 Å². The second-order valence-electron chi connectivity index (χ2n) is 5.91. The molecular formula is C21H19NOS2. The molecule has 0 aliphatic carbocycles. The van der Waals surface area contributed by atoms with Crippen LogP contribution in [0.4, 0.5) is 0 Å². The quantitative estimate of drug-likeness (QED) is 0.379. The molecule has 0 bridgehead atoms. The molecular weight excluding hydrogens is 346 g/mol. The third-order valence-corrected chi connectivity index (χ3v) is 6.45. The molecule has 0 aliphatic heterocycles.